The number of carboxylic acids is 1. The number of nitrogens with zero attached hydrogens (tertiary/aromatic N) is 8. The minimum atomic E-state index is -4.52. The van der Waals surface area contributed by atoms with Crippen LogP contribution in [0.2, 0.25) is 0 Å². The average molecular weight is 869 g/mol. The van der Waals surface area contributed by atoms with E-state index in [-0.39, 0.29) is 74.9 Å². The number of ether oxygens (including phenoxy) is 1. The van der Waals surface area contributed by atoms with E-state index in [0.717, 1.165) is 76.9 Å². The molecule has 4 aromatic heterocycles. The monoisotopic (exact) mass is 868 g/mol. The van der Waals surface area contributed by atoms with Crippen molar-refractivity contribution in [3.8, 4) is 22.8 Å². The smallest absolute Gasteiger partial charge is 0.870 e. The molecule has 4 N–H and O–H groups in total. The molecule has 62 heavy (non-hydrogen) atoms. The maximum atomic E-state index is 13.6. The van der Waals surface area contributed by atoms with Gasteiger partial charge in [-0.05, 0) is 87.4 Å². The van der Waals surface area contributed by atoms with E-state index in [9.17, 15) is 49.8 Å². The number of carbonyl (C=O) groups excluding carboxylic acids is 1. The average Bonchev–Trinajstić information content (AvgIpc) is 3.82. The van der Waals surface area contributed by atoms with Gasteiger partial charge in [0.25, 0.3) is 0 Å². The second kappa shape index (κ2) is 21.3. The number of hydrogen-bond donors (Lipinski definition) is 1. The number of aryl methyl sites for hydroxylation is 2. The molecule has 0 radical (unpaired) electrons. The number of carbonyl (C=O) groups is 2. The van der Waals surface area contributed by atoms with Crippen molar-refractivity contribution in [1.29, 1.82) is 0 Å². The number of hydrogen-bond acceptors (Lipinski definition) is 10. The number of esters is 1. The maximum absolute atomic E-state index is 13.6. The fourth-order valence-electron chi connectivity index (χ4n) is 5.25. The van der Waals surface area contributed by atoms with Gasteiger partial charge in [0, 0.05) is 47.0 Å². The number of carboxylic acid groups (broad SMARTS) is 1. The Kier molecular flexibility index (Phi) is 17.7. The fraction of sp³-hybridized carbons (Fsp3) is 0.179. The first-order valence-corrected chi connectivity index (χ1v) is 17.0. The van der Waals surface area contributed by atoms with Crippen LogP contribution in [0.3, 0.4) is 0 Å². The van der Waals surface area contributed by atoms with Gasteiger partial charge in [0.2, 0.25) is 0 Å². The topological polar surface area (TPSA) is 212 Å². The quantitative estimate of drug-likeness (QED) is 0.0915. The number of aromatic nitrogens is 8. The molecular formula is C39H33F8LiN8O6. The van der Waals surface area contributed by atoms with E-state index in [0.29, 0.717) is 11.1 Å². The molecule has 0 saturated carbocycles. The SMILES string of the molecule is Cc1cc(-c2ncn(/C=C(/C(=O)O)c3cncc(F)c3)n2)cc(C(F)(F)F)c1.Cc1cc(-c2ncn(/C=C(/C(=O)OC(C)C)c3cncc(F)c3)n2)cc(C(F)(F)F)c1.O.[Li+].[OH-]. The van der Waals surface area contributed by atoms with Crippen molar-refractivity contribution in [3.05, 3.63) is 131 Å². The molecule has 14 nitrogen and oxygen atoms in total. The Morgan fingerprint density at radius 1 is 0.677 bits per heavy atom. The number of aliphatic carboxylic acids is 1. The Morgan fingerprint density at radius 3 is 1.45 bits per heavy atom. The molecule has 0 aliphatic rings. The molecule has 0 atom stereocenters. The minimum absolute atomic E-state index is 0. The van der Waals surface area contributed by atoms with Crippen LogP contribution in [0, 0.1) is 25.5 Å². The molecule has 0 unspecified atom stereocenters. The zero-order valence-corrected chi connectivity index (χ0v) is 33.0. The molecule has 0 aliphatic carbocycles. The molecule has 0 fully saturated rings. The first-order valence-electron chi connectivity index (χ1n) is 17.0. The summed E-state index contributed by atoms with van der Waals surface area (Å²) in [4.78, 5) is 39.3. The number of pyridine rings is 2. The summed E-state index contributed by atoms with van der Waals surface area (Å²) in [5.74, 6) is -3.47. The Hall–Kier alpha value is -6.60. The third-order valence-corrected chi connectivity index (χ3v) is 7.69. The fourth-order valence-corrected chi connectivity index (χ4v) is 5.25. The normalized spacial score (nSPS) is 11.7. The number of rotatable bonds is 9. The largest absolute Gasteiger partial charge is 1.00 e. The molecule has 322 valence electrons. The van der Waals surface area contributed by atoms with Crippen LogP contribution >= 0.6 is 0 Å². The van der Waals surface area contributed by atoms with Gasteiger partial charge in [-0.3, -0.25) is 9.97 Å². The van der Waals surface area contributed by atoms with Gasteiger partial charge in [-0.15, -0.1) is 10.2 Å². The van der Waals surface area contributed by atoms with Gasteiger partial charge in [-0.2, -0.15) is 26.3 Å². The zero-order valence-electron chi connectivity index (χ0n) is 33.0. The van der Waals surface area contributed by atoms with E-state index in [2.05, 4.69) is 30.1 Å². The molecule has 23 heteroatoms. The molecule has 6 rings (SSSR count). The molecule has 0 bridgehead atoms. The van der Waals surface area contributed by atoms with E-state index in [4.69, 9.17) is 4.74 Å². The van der Waals surface area contributed by atoms with Crippen LogP contribution in [-0.4, -0.2) is 73.6 Å². The Bertz CT molecular complexity index is 2570. The van der Waals surface area contributed by atoms with E-state index in [1.54, 1.807) is 13.8 Å². The second-order valence-corrected chi connectivity index (χ2v) is 12.9. The van der Waals surface area contributed by atoms with Crippen molar-refractivity contribution in [2.75, 3.05) is 0 Å². The van der Waals surface area contributed by atoms with Crippen LogP contribution in [0.1, 0.15) is 47.2 Å². The molecule has 0 spiro atoms. The van der Waals surface area contributed by atoms with E-state index >= 15 is 0 Å². The third-order valence-electron chi connectivity index (χ3n) is 7.69. The first-order chi connectivity index (χ1) is 27.7. The van der Waals surface area contributed by atoms with Crippen LogP contribution in [0.25, 0.3) is 46.3 Å². The van der Waals surface area contributed by atoms with Crippen LogP contribution in [0.15, 0.2) is 86.0 Å². The standard InChI is InChI=1S/C21H18F4N4O2.C18H12F4N4O2.Li.2H2O/c1-12(2)31-20(30)18(15-7-17(22)9-26-8-15)10-29-11-27-19(28-29)14-4-13(3)5-16(6-14)21(23,24)25;1-10-2-11(4-13(3-10)18(20,21)22)16-24-9-26(25-16)8-15(17(27)28)12-5-14(19)7-23-6-12;;;/h4-12H,1-3H3;2-9H,1H3,(H,27,28);;2*1H2/q;;+1;;/p-1/b18-10+;15-8+;;;. The number of halogens is 8. The van der Waals surface area contributed by atoms with Crippen molar-refractivity contribution in [3.63, 3.8) is 0 Å². The molecule has 4 heterocycles. The second-order valence-electron chi connectivity index (χ2n) is 12.9. The molecule has 0 saturated heterocycles. The van der Waals surface area contributed by atoms with Crippen molar-refractivity contribution in [2.45, 2.75) is 46.2 Å². The summed E-state index contributed by atoms with van der Waals surface area (Å²) in [6, 6.07) is 8.97. The summed E-state index contributed by atoms with van der Waals surface area (Å²) < 4.78 is 113. The summed E-state index contributed by atoms with van der Waals surface area (Å²) >= 11 is 0. The molecule has 2 aromatic carbocycles. The third kappa shape index (κ3) is 13.7. The van der Waals surface area contributed by atoms with Gasteiger partial charge in [-0.1, -0.05) is 0 Å². The van der Waals surface area contributed by atoms with Gasteiger partial charge in [0.1, 0.15) is 24.3 Å². The number of benzene rings is 2. The predicted octanol–water partition coefficient (Wildman–Crippen LogP) is 4.65. The minimum Gasteiger partial charge on any atom is -0.870 e. The van der Waals surface area contributed by atoms with Crippen molar-refractivity contribution in [1.82, 2.24) is 39.5 Å². The first kappa shape index (κ1) is 51.5. The van der Waals surface area contributed by atoms with Crippen molar-refractivity contribution in [2.24, 2.45) is 0 Å². The Morgan fingerprint density at radius 2 is 1.08 bits per heavy atom. The van der Waals surface area contributed by atoms with Crippen LogP contribution in [-0.2, 0) is 26.7 Å². The summed E-state index contributed by atoms with van der Waals surface area (Å²) in [5.41, 5.74) is -0.814. The number of alkyl halides is 6. The van der Waals surface area contributed by atoms with Gasteiger partial charge >= 0.3 is 43.2 Å². The summed E-state index contributed by atoms with van der Waals surface area (Å²) in [6.45, 7) is 6.35. The van der Waals surface area contributed by atoms with Crippen LogP contribution in [0.5, 0.6) is 0 Å². The van der Waals surface area contributed by atoms with E-state index in [1.165, 1.54) is 44.7 Å². The Labute approximate surface area is 358 Å². The van der Waals surface area contributed by atoms with E-state index in [1.807, 2.05) is 0 Å². The van der Waals surface area contributed by atoms with Gasteiger partial charge in [-0.25, -0.2) is 37.7 Å². The summed E-state index contributed by atoms with van der Waals surface area (Å²) in [7, 11) is 0. The van der Waals surface area contributed by atoms with Crippen LogP contribution in [0.4, 0.5) is 35.1 Å². The van der Waals surface area contributed by atoms with Crippen LogP contribution < -0.4 is 18.9 Å². The summed E-state index contributed by atoms with van der Waals surface area (Å²) in [6.07, 6.45) is -0.441. The van der Waals surface area contributed by atoms with E-state index < -0.39 is 53.2 Å². The zero-order chi connectivity index (χ0) is 43.2. The maximum Gasteiger partial charge on any atom is 1.00 e. The molecule has 0 amide bonds. The van der Waals surface area contributed by atoms with Gasteiger partial charge in [0.15, 0.2) is 11.6 Å². The van der Waals surface area contributed by atoms with Gasteiger partial charge < -0.3 is 20.8 Å². The van der Waals surface area contributed by atoms with Crippen molar-refractivity contribution < 1.29 is 84.4 Å². The molecule has 0 aliphatic heterocycles. The molecule has 6 aromatic rings. The Balaban J connectivity index is 0.000000409. The summed E-state index contributed by atoms with van der Waals surface area (Å²) in [5, 5.41) is 17.5. The van der Waals surface area contributed by atoms with Gasteiger partial charge in [0.05, 0.1) is 40.8 Å². The predicted molar refractivity (Wildman–Crippen MR) is 202 cm³/mol. The van der Waals surface area contributed by atoms with Crippen molar-refractivity contribution >= 4 is 35.5 Å². The molecular weight excluding hydrogens is 835 g/mol.